The highest BCUT2D eigenvalue weighted by Gasteiger charge is 2.64. The van der Waals surface area contributed by atoms with Crippen LogP contribution in [0.2, 0.25) is 10.0 Å². The standard InChI is InChI=1S/C24H29Cl2NO4/c25-17-3-6-20(19(26)9-17)31-7-1-2-21(28)27(18-4-5-18)24-12-15-8-16(13-24)11-23(10-15,14-24)22(29)30/h3,6,9,15-16,18H,1-2,4-5,7-8,10-14H2,(H,29,30). The highest BCUT2D eigenvalue weighted by molar-refractivity contribution is 6.35. The Hall–Kier alpha value is -1.46. The summed E-state index contributed by atoms with van der Waals surface area (Å²) >= 11 is 12.1. The second kappa shape index (κ2) is 7.84. The molecule has 5 saturated carbocycles. The average Bonchev–Trinajstić information content (AvgIpc) is 3.50. The van der Waals surface area contributed by atoms with Crippen LogP contribution in [0, 0.1) is 17.3 Å². The molecule has 5 nitrogen and oxygen atoms in total. The summed E-state index contributed by atoms with van der Waals surface area (Å²) < 4.78 is 5.76. The molecule has 0 radical (unpaired) electrons. The van der Waals surface area contributed by atoms with Crippen molar-refractivity contribution in [1.82, 2.24) is 4.90 Å². The number of carbonyl (C=O) groups is 2. The number of carboxylic acid groups (broad SMARTS) is 1. The van der Waals surface area contributed by atoms with Crippen LogP contribution in [0.3, 0.4) is 0 Å². The van der Waals surface area contributed by atoms with E-state index < -0.39 is 11.4 Å². The smallest absolute Gasteiger partial charge is 0.309 e. The van der Waals surface area contributed by atoms with Crippen molar-refractivity contribution >= 4 is 35.1 Å². The first-order chi connectivity index (χ1) is 14.8. The summed E-state index contributed by atoms with van der Waals surface area (Å²) in [6, 6.07) is 5.41. The number of hydrogen-bond acceptors (Lipinski definition) is 3. The maximum absolute atomic E-state index is 13.4. The van der Waals surface area contributed by atoms with Gasteiger partial charge in [0.2, 0.25) is 5.91 Å². The van der Waals surface area contributed by atoms with E-state index in [4.69, 9.17) is 27.9 Å². The van der Waals surface area contributed by atoms with Crippen LogP contribution in [-0.2, 0) is 9.59 Å². The SMILES string of the molecule is O=C(CCCOc1ccc(Cl)cc1Cl)N(C1CC1)C12CC3CC(CC(C(=O)O)(C3)C1)C2. The third-order valence-electron chi connectivity index (χ3n) is 7.86. The third kappa shape index (κ3) is 3.93. The van der Waals surface area contributed by atoms with Crippen LogP contribution in [0.25, 0.3) is 0 Å². The minimum absolute atomic E-state index is 0.163. The molecule has 5 aliphatic rings. The molecule has 0 spiro atoms. The van der Waals surface area contributed by atoms with Crippen molar-refractivity contribution in [2.75, 3.05) is 6.61 Å². The molecule has 5 aliphatic carbocycles. The van der Waals surface area contributed by atoms with E-state index in [0.717, 1.165) is 44.9 Å². The summed E-state index contributed by atoms with van der Waals surface area (Å²) in [4.78, 5) is 27.8. The molecule has 1 N–H and O–H groups in total. The molecule has 2 unspecified atom stereocenters. The van der Waals surface area contributed by atoms with E-state index in [0.29, 0.717) is 59.5 Å². The molecule has 6 rings (SSSR count). The number of benzene rings is 1. The molecule has 0 heterocycles. The molecule has 1 aromatic rings. The van der Waals surface area contributed by atoms with Gasteiger partial charge in [0.05, 0.1) is 17.0 Å². The summed E-state index contributed by atoms with van der Waals surface area (Å²) in [7, 11) is 0. The van der Waals surface area contributed by atoms with Gasteiger partial charge in [-0.15, -0.1) is 0 Å². The van der Waals surface area contributed by atoms with Gasteiger partial charge in [0.25, 0.3) is 0 Å². The molecule has 31 heavy (non-hydrogen) atoms. The van der Waals surface area contributed by atoms with Gasteiger partial charge < -0.3 is 14.7 Å². The van der Waals surface area contributed by atoms with Gasteiger partial charge in [0, 0.05) is 23.0 Å². The van der Waals surface area contributed by atoms with Gasteiger partial charge >= 0.3 is 5.97 Å². The van der Waals surface area contributed by atoms with Crippen molar-refractivity contribution in [3.05, 3.63) is 28.2 Å². The van der Waals surface area contributed by atoms with E-state index in [-0.39, 0.29) is 11.4 Å². The molecule has 4 bridgehead atoms. The first-order valence-corrected chi connectivity index (χ1v) is 12.2. The van der Waals surface area contributed by atoms with E-state index in [1.807, 2.05) is 0 Å². The van der Waals surface area contributed by atoms with Crippen LogP contribution in [0.5, 0.6) is 5.75 Å². The van der Waals surface area contributed by atoms with Gasteiger partial charge in [-0.2, -0.15) is 0 Å². The fourth-order valence-electron chi connectivity index (χ4n) is 7.05. The van der Waals surface area contributed by atoms with E-state index >= 15 is 0 Å². The molecular weight excluding hydrogens is 437 g/mol. The number of carbonyl (C=O) groups excluding carboxylic acids is 1. The molecular formula is C24H29Cl2NO4. The predicted octanol–water partition coefficient (Wildman–Crippen LogP) is 5.57. The van der Waals surface area contributed by atoms with Crippen LogP contribution in [-0.4, -0.2) is 40.1 Å². The molecule has 1 amide bonds. The Morgan fingerprint density at radius 3 is 2.45 bits per heavy atom. The Kier molecular flexibility index (Phi) is 5.41. The number of nitrogens with zero attached hydrogens (tertiary/aromatic N) is 1. The minimum atomic E-state index is -0.651. The second-order valence-corrected chi connectivity index (χ2v) is 11.1. The Morgan fingerprint density at radius 2 is 1.84 bits per heavy atom. The Balaban J connectivity index is 1.26. The van der Waals surface area contributed by atoms with Crippen LogP contribution < -0.4 is 4.74 Å². The number of carboxylic acids is 1. The van der Waals surface area contributed by atoms with E-state index in [9.17, 15) is 14.7 Å². The highest BCUT2D eigenvalue weighted by atomic mass is 35.5. The summed E-state index contributed by atoms with van der Waals surface area (Å²) in [6.07, 6.45) is 8.44. The summed E-state index contributed by atoms with van der Waals surface area (Å²) in [6.45, 7) is 0.406. The molecule has 5 fully saturated rings. The lowest BCUT2D eigenvalue weighted by Crippen LogP contribution is -2.66. The number of amides is 1. The van der Waals surface area contributed by atoms with Gasteiger partial charge in [-0.25, -0.2) is 0 Å². The van der Waals surface area contributed by atoms with Crippen molar-refractivity contribution in [2.24, 2.45) is 17.3 Å². The Bertz CT molecular complexity index is 886. The normalized spacial score (nSPS) is 33.4. The lowest BCUT2D eigenvalue weighted by Gasteiger charge is -2.63. The average molecular weight is 466 g/mol. The zero-order valence-corrected chi connectivity index (χ0v) is 19.1. The number of ether oxygens (including phenoxy) is 1. The molecule has 0 aliphatic heterocycles. The van der Waals surface area contributed by atoms with Crippen LogP contribution in [0.15, 0.2) is 18.2 Å². The number of hydrogen-bond donors (Lipinski definition) is 1. The lowest BCUT2D eigenvalue weighted by atomic mass is 9.46. The van der Waals surface area contributed by atoms with Gasteiger partial charge in [0.15, 0.2) is 0 Å². The van der Waals surface area contributed by atoms with Crippen LogP contribution in [0.4, 0.5) is 0 Å². The second-order valence-electron chi connectivity index (χ2n) is 10.3. The molecule has 0 aromatic heterocycles. The Morgan fingerprint density at radius 1 is 1.13 bits per heavy atom. The first-order valence-electron chi connectivity index (χ1n) is 11.4. The van der Waals surface area contributed by atoms with Crippen LogP contribution in [0.1, 0.15) is 64.2 Å². The van der Waals surface area contributed by atoms with Crippen molar-refractivity contribution in [3.8, 4) is 5.75 Å². The van der Waals surface area contributed by atoms with Crippen molar-refractivity contribution < 1.29 is 19.4 Å². The molecule has 0 saturated heterocycles. The first kappa shape index (κ1) is 21.4. The fourth-order valence-corrected chi connectivity index (χ4v) is 7.52. The number of aliphatic carboxylic acids is 1. The summed E-state index contributed by atoms with van der Waals surface area (Å²) in [5.74, 6) is 0.976. The molecule has 1 aromatic carbocycles. The topological polar surface area (TPSA) is 66.8 Å². The van der Waals surface area contributed by atoms with E-state index in [1.165, 1.54) is 0 Å². The van der Waals surface area contributed by atoms with Gasteiger partial charge in [-0.1, -0.05) is 23.2 Å². The van der Waals surface area contributed by atoms with Gasteiger partial charge in [0.1, 0.15) is 5.75 Å². The molecule has 7 heteroatoms. The van der Waals surface area contributed by atoms with Gasteiger partial charge in [-0.3, -0.25) is 9.59 Å². The third-order valence-corrected chi connectivity index (χ3v) is 8.39. The van der Waals surface area contributed by atoms with Crippen LogP contribution >= 0.6 is 23.2 Å². The molecule has 2 atom stereocenters. The quantitative estimate of drug-likeness (QED) is 0.509. The predicted molar refractivity (Wildman–Crippen MR) is 119 cm³/mol. The maximum atomic E-state index is 13.4. The monoisotopic (exact) mass is 465 g/mol. The van der Waals surface area contributed by atoms with Crippen molar-refractivity contribution in [3.63, 3.8) is 0 Å². The van der Waals surface area contributed by atoms with Crippen molar-refractivity contribution in [2.45, 2.75) is 75.8 Å². The summed E-state index contributed by atoms with van der Waals surface area (Å²) in [5, 5.41) is 11.1. The summed E-state index contributed by atoms with van der Waals surface area (Å²) in [5.41, 5.74) is -0.868. The van der Waals surface area contributed by atoms with E-state index in [2.05, 4.69) is 4.90 Å². The maximum Gasteiger partial charge on any atom is 0.309 e. The highest BCUT2D eigenvalue weighted by Crippen LogP contribution is 2.64. The number of rotatable bonds is 8. The molecule has 168 valence electrons. The largest absolute Gasteiger partial charge is 0.492 e. The zero-order valence-electron chi connectivity index (χ0n) is 17.6. The van der Waals surface area contributed by atoms with E-state index in [1.54, 1.807) is 18.2 Å². The Labute approximate surface area is 193 Å². The lowest BCUT2D eigenvalue weighted by molar-refractivity contribution is -0.184. The van der Waals surface area contributed by atoms with Crippen molar-refractivity contribution in [1.29, 1.82) is 0 Å². The zero-order chi connectivity index (χ0) is 21.8. The fraction of sp³-hybridized carbons (Fsp3) is 0.667. The number of halogens is 2. The van der Waals surface area contributed by atoms with Gasteiger partial charge in [-0.05, 0) is 87.8 Å². The minimum Gasteiger partial charge on any atom is -0.492 e.